The molecule has 0 spiro atoms. The lowest BCUT2D eigenvalue weighted by molar-refractivity contribution is -0.143. The van der Waals surface area contributed by atoms with Gasteiger partial charge in [-0.15, -0.1) is 0 Å². The largest absolute Gasteiger partial charge is 0.387 e. The average molecular weight is 335 g/mol. The number of amidine groups is 1. The van der Waals surface area contributed by atoms with E-state index in [1.54, 1.807) is 0 Å². The van der Waals surface area contributed by atoms with Crippen LogP contribution in [0.5, 0.6) is 0 Å². The van der Waals surface area contributed by atoms with Gasteiger partial charge in [0.2, 0.25) is 5.91 Å². The normalized spacial score (nSPS) is 29.8. The van der Waals surface area contributed by atoms with Crippen LogP contribution < -0.4 is 5.73 Å². The predicted octanol–water partition coefficient (Wildman–Crippen LogP) is -1.05. The van der Waals surface area contributed by atoms with Crippen molar-refractivity contribution in [3.05, 3.63) is 12.3 Å². The van der Waals surface area contributed by atoms with Crippen LogP contribution in [0.4, 0.5) is 0 Å². The Kier molecular flexibility index (Phi) is 7.88. The van der Waals surface area contributed by atoms with Gasteiger partial charge in [0.15, 0.2) is 15.3 Å². The Labute approximate surface area is 130 Å². The SMILES string of the molecule is CN=C(N)C=CN(C(C)=O)C1OC(COPOC)C(O)C1O. The molecule has 10 heteroatoms. The molecule has 1 aliphatic rings. The van der Waals surface area contributed by atoms with Crippen LogP contribution in [-0.4, -0.2) is 72.2 Å². The van der Waals surface area contributed by atoms with Gasteiger partial charge in [-0.2, -0.15) is 0 Å². The standard InChI is InChI=1S/C12H22N3O6P/c1-7(16)15(5-4-9(13)14-2)12-11(18)10(17)8(21-12)6-20-22-19-3/h4-5,8,10-12,17-18,22H,6H2,1-3H3,(H2,13,14). The summed E-state index contributed by atoms with van der Waals surface area (Å²) >= 11 is 0. The molecular formula is C12H22N3O6P. The molecule has 0 radical (unpaired) electrons. The number of amides is 1. The number of rotatable bonds is 7. The number of nitrogens with two attached hydrogens (primary N) is 1. The van der Waals surface area contributed by atoms with Crippen LogP contribution in [0.2, 0.25) is 0 Å². The van der Waals surface area contributed by atoms with E-state index in [0.717, 1.165) is 4.90 Å². The summed E-state index contributed by atoms with van der Waals surface area (Å²) in [7, 11) is 2.79. The van der Waals surface area contributed by atoms with Gasteiger partial charge in [0, 0.05) is 27.3 Å². The fourth-order valence-electron chi connectivity index (χ4n) is 1.87. The summed E-state index contributed by atoms with van der Waals surface area (Å²) in [5.41, 5.74) is 5.53. The Morgan fingerprint density at radius 2 is 2.18 bits per heavy atom. The van der Waals surface area contributed by atoms with E-state index >= 15 is 0 Å². The van der Waals surface area contributed by atoms with Crippen LogP contribution in [-0.2, 0) is 18.6 Å². The lowest BCUT2D eigenvalue weighted by atomic mass is 10.1. The maximum absolute atomic E-state index is 11.7. The Bertz CT molecular complexity index is 433. The lowest BCUT2D eigenvalue weighted by Gasteiger charge is -2.26. The average Bonchev–Trinajstić information content (AvgIpc) is 2.76. The highest BCUT2D eigenvalue weighted by Crippen LogP contribution is 2.26. The van der Waals surface area contributed by atoms with Crippen molar-refractivity contribution in [1.29, 1.82) is 0 Å². The van der Waals surface area contributed by atoms with Crippen molar-refractivity contribution in [2.24, 2.45) is 10.7 Å². The molecule has 0 saturated carbocycles. The van der Waals surface area contributed by atoms with Crippen LogP contribution in [0.1, 0.15) is 6.92 Å². The minimum absolute atomic E-state index is 0.0367. The third-order valence-corrected chi connectivity index (χ3v) is 3.48. The summed E-state index contributed by atoms with van der Waals surface area (Å²) in [6.45, 7) is 1.34. The quantitative estimate of drug-likeness (QED) is 0.235. The van der Waals surface area contributed by atoms with Crippen molar-refractivity contribution in [2.45, 2.75) is 31.5 Å². The highest BCUT2D eigenvalue weighted by molar-refractivity contribution is 7.26. The van der Waals surface area contributed by atoms with Crippen molar-refractivity contribution in [2.75, 3.05) is 20.8 Å². The highest BCUT2D eigenvalue weighted by atomic mass is 31.1. The van der Waals surface area contributed by atoms with Crippen molar-refractivity contribution in [1.82, 2.24) is 4.90 Å². The van der Waals surface area contributed by atoms with Gasteiger partial charge in [0.05, 0.1) is 6.61 Å². The molecule has 1 amide bonds. The summed E-state index contributed by atoms with van der Waals surface area (Å²) in [4.78, 5) is 16.6. The number of hydrogen-bond donors (Lipinski definition) is 3. The van der Waals surface area contributed by atoms with Crippen molar-refractivity contribution in [3.8, 4) is 0 Å². The first-order valence-corrected chi connectivity index (χ1v) is 7.34. The van der Waals surface area contributed by atoms with Gasteiger partial charge in [-0.05, 0) is 6.08 Å². The van der Waals surface area contributed by atoms with Gasteiger partial charge in [-0.1, -0.05) is 0 Å². The van der Waals surface area contributed by atoms with E-state index in [0.29, 0.717) is 0 Å². The monoisotopic (exact) mass is 335 g/mol. The van der Waals surface area contributed by atoms with Gasteiger partial charge >= 0.3 is 0 Å². The third-order valence-electron chi connectivity index (χ3n) is 3.03. The molecule has 0 aromatic rings. The lowest BCUT2D eigenvalue weighted by Crippen LogP contribution is -2.43. The Morgan fingerprint density at radius 3 is 2.73 bits per heavy atom. The van der Waals surface area contributed by atoms with Gasteiger partial charge in [0.1, 0.15) is 24.1 Å². The maximum atomic E-state index is 11.7. The zero-order chi connectivity index (χ0) is 16.7. The third kappa shape index (κ3) is 4.98. The van der Waals surface area contributed by atoms with Crippen molar-refractivity contribution < 1.29 is 28.8 Å². The first-order chi connectivity index (χ1) is 10.4. The number of aliphatic hydroxyl groups excluding tert-OH is 2. The second kappa shape index (κ2) is 9.14. The minimum atomic E-state index is -1.27. The molecule has 5 unspecified atom stereocenters. The number of nitrogens with zero attached hydrogens (tertiary/aromatic N) is 2. The zero-order valence-electron chi connectivity index (χ0n) is 12.7. The summed E-state index contributed by atoms with van der Waals surface area (Å²) in [5, 5.41) is 20.1. The fraction of sp³-hybridized carbons (Fsp3) is 0.667. The first kappa shape index (κ1) is 19.0. The second-order valence-electron chi connectivity index (χ2n) is 4.54. The van der Waals surface area contributed by atoms with Crippen molar-refractivity contribution in [3.63, 3.8) is 0 Å². The molecule has 1 saturated heterocycles. The molecule has 5 atom stereocenters. The maximum Gasteiger partial charge on any atom is 0.225 e. The molecule has 1 heterocycles. The summed E-state index contributed by atoms with van der Waals surface area (Å²) < 4.78 is 15.4. The van der Waals surface area contributed by atoms with Crippen LogP contribution in [0, 0.1) is 0 Å². The second-order valence-corrected chi connectivity index (χ2v) is 5.40. The molecule has 0 bridgehead atoms. The van der Waals surface area contributed by atoms with Crippen LogP contribution in [0.3, 0.4) is 0 Å². The van der Waals surface area contributed by atoms with Gasteiger partial charge < -0.3 is 29.7 Å². The molecule has 1 rings (SSSR count). The summed E-state index contributed by atoms with van der Waals surface area (Å²) in [6.07, 6.45) is -1.50. The number of carbonyl (C=O) groups is 1. The van der Waals surface area contributed by atoms with E-state index < -0.39 is 24.5 Å². The molecule has 1 aliphatic heterocycles. The zero-order valence-corrected chi connectivity index (χ0v) is 13.7. The van der Waals surface area contributed by atoms with E-state index in [2.05, 4.69) is 4.99 Å². The van der Waals surface area contributed by atoms with Crippen LogP contribution in [0.15, 0.2) is 17.3 Å². The van der Waals surface area contributed by atoms with E-state index in [9.17, 15) is 15.0 Å². The van der Waals surface area contributed by atoms with Gasteiger partial charge in [-0.25, -0.2) is 0 Å². The molecule has 4 N–H and O–H groups in total. The summed E-state index contributed by atoms with van der Waals surface area (Å²) in [6, 6.07) is 0. The predicted molar refractivity (Wildman–Crippen MR) is 81.2 cm³/mol. The van der Waals surface area contributed by atoms with E-state index in [1.165, 1.54) is 33.4 Å². The molecular weight excluding hydrogens is 313 g/mol. The molecule has 9 nitrogen and oxygen atoms in total. The topological polar surface area (TPSA) is 127 Å². The molecule has 22 heavy (non-hydrogen) atoms. The number of hydrogen-bond acceptors (Lipinski definition) is 7. The van der Waals surface area contributed by atoms with Gasteiger partial charge in [-0.3, -0.25) is 14.7 Å². The number of ether oxygens (including phenoxy) is 1. The van der Waals surface area contributed by atoms with E-state index in [-0.39, 0.29) is 27.4 Å². The molecule has 1 fully saturated rings. The number of aliphatic hydroxyl groups is 2. The number of carbonyl (C=O) groups excluding carboxylic acids is 1. The highest BCUT2D eigenvalue weighted by Gasteiger charge is 2.45. The smallest absolute Gasteiger partial charge is 0.225 e. The van der Waals surface area contributed by atoms with Crippen LogP contribution >= 0.6 is 9.03 Å². The molecule has 126 valence electrons. The van der Waals surface area contributed by atoms with E-state index in [1.807, 2.05) is 0 Å². The summed E-state index contributed by atoms with van der Waals surface area (Å²) in [5.74, 6) is -0.169. The molecule has 0 aromatic carbocycles. The number of aliphatic imine (C=N–C) groups is 1. The van der Waals surface area contributed by atoms with E-state index in [4.69, 9.17) is 19.5 Å². The Balaban J connectivity index is 2.78. The molecule has 0 aliphatic carbocycles. The Hall–Kier alpha value is -1.09. The Morgan fingerprint density at radius 1 is 1.50 bits per heavy atom. The minimum Gasteiger partial charge on any atom is -0.387 e. The van der Waals surface area contributed by atoms with Crippen molar-refractivity contribution >= 4 is 20.8 Å². The fourth-order valence-corrected chi connectivity index (χ4v) is 2.22. The van der Waals surface area contributed by atoms with Crippen LogP contribution in [0.25, 0.3) is 0 Å². The molecule has 0 aromatic heterocycles. The van der Waals surface area contributed by atoms with Gasteiger partial charge in [0.25, 0.3) is 0 Å². The first-order valence-electron chi connectivity index (χ1n) is 6.53.